The summed E-state index contributed by atoms with van der Waals surface area (Å²) in [5.41, 5.74) is 2.02. The molecule has 2 amide bonds. The van der Waals surface area contributed by atoms with Crippen LogP contribution >= 0.6 is 11.3 Å². The molecule has 152 valence electrons. The van der Waals surface area contributed by atoms with Gasteiger partial charge in [-0.05, 0) is 36.4 Å². The Labute approximate surface area is 173 Å². The van der Waals surface area contributed by atoms with Gasteiger partial charge in [0.2, 0.25) is 11.8 Å². The van der Waals surface area contributed by atoms with Gasteiger partial charge in [-0.1, -0.05) is 24.3 Å². The number of amides is 2. The highest BCUT2D eigenvalue weighted by atomic mass is 32.1. The molecule has 3 rings (SSSR count). The summed E-state index contributed by atoms with van der Waals surface area (Å²) >= 11 is 1.36. The maximum atomic E-state index is 12.7. The highest BCUT2D eigenvalue weighted by Gasteiger charge is 2.28. The predicted octanol–water partition coefficient (Wildman–Crippen LogP) is 3.15. The summed E-state index contributed by atoms with van der Waals surface area (Å²) in [7, 11) is 0. The molecule has 1 aliphatic heterocycles. The number of hydrogen-bond donors (Lipinski definition) is 1. The number of fused-ring (bicyclic) bond motifs is 1. The van der Waals surface area contributed by atoms with Crippen molar-refractivity contribution in [2.75, 3.05) is 11.4 Å². The Kier molecular flexibility index (Phi) is 6.93. The molecule has 0 fully saturated rings. The number of hydrogen-bond acceptors (Lipinski definition) is 5. The highest BCUT2D eigenvalue weighted by molar-refractivity contribution is 7.12. The molecule has 0 bridgehead atoms. The molecule has 1 atom stereocenters. The van der Waals surface area contributed by atoms with E-state index in [9.17, 15) is 19.2 Å². The van der Waals surface area contributed by atoms with Crippen molar-refractivity contribution in [3.05, 3.63) is 52.2 Å². The standard InChI is InChI=1S/C22H24N2O4S/c1-15(22(28)24-13-12-16-5-2-3-6-18(16)24)23-21(27)11-9-17(25)8-10-19(26)20-7-4-14-29-20/h2-7,14-15H,8-13H2,1H3,(H,23,27). The molecule has 1 aromatic heterocycles. The Balaban J connectivity index is 1.40. The van der Waals surface area contributed by atoms with E-state index < -0.39 is 6.04 Å². The summed E-state index contributed by atoms with van der Waals surface area (Å²) in [4.78, 5) is 51.1. The smallest absolute Gasteiger partial charge is 0.249 e. The third-order valence-electron chi connectivity index (χ3n) is 4.96. The van der Waals surface area contributed by atoms with Gasteiger partial charge < -0.3 is 10.2 Å². The number of para-hydroxylation sites is 1. The fraction of sp³-hybridized carbons (Fsp3) is 0.364. The van der Waals surface area contributed by atoms with E-state index in [4.69, 9.17) is 0 Å². The Hall–Kier alpha value is -2.80. The van der Waals surface area contributed by atoms with Crippen LogP contribution in [0.4, 0.5) is 5.69 Å². The van der Waals surface area contributed by atoms with Crippen LogP contribution < -0.4 is 10.2 Å². The van der Waals surface area contributed by atoms with Crippen molar-refractivity contribution in [2.45, 2.75) is 45.1 Å². The Morgan fingerprint density at radius 2 is 1.79 bits per heavy atom. The Morgan fingerprint density at radius 1 is 1.03 bits per heavy atom. The van der Waals surface area contributed by atoms with E-state index in [-0.39, 0.29) is 49.1 Å². The van der Waals surface area contributed by atoms with Crippen LogP contribution in [0.1, 0.15) is 47.8 Å². The quantitative estimate of drug-likeness (QED) is 0.642. The lowest BCUT2D eigenvalue weighted by molar-refractivity contribution is -0.128. The van der Waals surface area contributed by atoms with Crippen LogP contribution in [-0.2, 0) is 20.8 Å². The van der Waals surface area contributed by atoms with Gasteiger partial charge in [0.15, 0.2) is 5.78 Å². The second-order valence-electron chi connectivity index (χ2n) is 7.10. The lowest BCUT2D eigenvalue weighted by atomic mass is 10.1. The van der Waals surface area contributed by atoms with E-state index in [1.807, 2.05) is 29.6 Å². The fourth-order valence-electron chi connectivity index (χ4n) is 3.37. The minimum absolute atomic E-state index is 0.0141. The number of carbonyl (C=O) groups excluding carboxylic acids is 4. The number of thiophene rings is 1. The number of rotatable bonds is 9. The van der Waals surface area contributed by atoms with Gasteiger partial charge >= 0.3 is 0 Å². The van der Waals surface area contributed by atoms with Gasteiger partial charge in [0.05, 0.1) is 4.88 Å². The number of ketones is 2. The molecule has 1 aromatic carbocycles. The van der Waals surface area contributed by atoms with Gasteiger partial charge in [0.1, 0.15) is 11.8 Å². The largest absolute Gasteiger partial charge is 0.345 e. The first-order valence-electron chi connectivity index (χ1n) is 9.72. The van der Waals surface area contributed by atoms with Gasteiger partial charge in [-0.25, -0.2) is 0 Å². The predicted molar refractivity (Wildman–Crippen MR) is 112 cm³/mol. The monoisotopic (exact) mass is 412 g/mol. The van der Waals surface area contributed by atoms with E-state index in [0.29, 0.717) is 11.4 Å². The molecular formula is C22H24N2O4S. The molecule has 1 unspecified atom stereocenters. The van der Waals surface area contributed by atoms with E-state index in [0.717, 1.165) is 17.7 Å². The van der Waals surface area contributed by atoms with Crippen molar-refractivity contribution in [3.63, 3.8) is 0 Å². The highest BCUT2D eigenvalue weighted by Crippen LogP contribution is 2.27. The molecule has 6 nitrogen and oxygen atoms in total. The van der Waals surface area contributed by atoms with Gasteiger partial charge in [-0.15, -0.1) is 11.3 Å². The summed E-state index contributed by atoms with van der Waals surface area (Å²) in [6, 6.07) is 10.6. The summed E-state index contributed by atoms with van der Waals surface area (Å²) < 4.78 is 0. The number of nitrogens with one attached hydrogen (secondary N) is 1. The van der Waals surface area contributed by atoms with Crippen molar-refractivity contribution in [1.29, 1.82) is 0 Å². The lowest BCUT2D eigenvalue weighted by Crippen LogP contribution is -2.46. The second-order valence-corrected chi connectivity index (χ2v) is 8.04. The fourth-order valence-corrected chi connectivity index (χ4v) is 4.06. The van der Waals surface area contributed by atoms with Gasteiger partial charge in [-0.2, -0.15) is 0 Å². The minimum atomic E-state index is -0.663. The van der Waals surface area contributed by atoms with E-state index in [1.54, 1.807) is 24.0 Å². The van der Waals surface area contributed by atoms with Crippen molar-refractivity contribution >= 4 is 40.4 Å². The van der Waals surface area contributed by atoms with Crippen molar-refractivity contribution in [1.82, 2.24) is 5.32 Å². The summed E-state index contributed by atoms with van der Waals surface area (Å²) in [5.74, 6) is -0.673. The maximum absolute atomic E-state index is 12.7. The SMILES string of the molecule is CC(NC(=O)CCC(=O)CCC(=O)c1cccs1)C(=O)N1CCc2ccccc21. The number of Topliss-reactive ketones (excluding diaryl/α,β-unsaturated/α-hetero) is 2. The third-order valence-corrected chi connectivity index (χ3v) is 5.87. The zero-order valence-corrected chi connectivity index (χ0v) is 17.2. The molecule has 0 saturated carbocycles. The van der Waals surface area contributed by atoms with Gasteiger partial charge in [0.25, 0.3) is 0 Å². The van der Waals surface area contributed by atoms with Crippen LogP contribution in [0.5, 0.6) is 0 Å². The van der Waals surface area contributed by atoms with E-state index in [2.05, 4.69) is 5.32 Å². The average Bonchev–Trinajstić information content (AvgIpc) is 3.39. The van der Waals surface area contributed by atoms with Crippen LogP contribution in [0.25, 0.3) is 0 Å². The molecule has 29 heavy (non-hydrogen) atoms. The third kappa shape index (κ3) is 5.38. The van der Waals surface area contributed by atoms with Crippen LogP contribution in [0, 0.1) is 0 Å². The zero-order valence-electron chi connectivity index (χ0n) is 16.3. The first-order chi connectivity index (χ1) is 14.0. The van der Waals surface area contributed by atoms with Crippen LogP contribution in [0.2, 0.25) is 0 Å². The van der Waals surface area contributed by atoms with Gasteiger partial charge in [-0.3, -0.25) is 19.2 Å². The first kappa shape index (κ1) is 20.9. The van der Waals surface area contributed by atoms with Crippen LogP contribution in [0.3, 0.4) is 0 Å². The minimum Gasteiger partial charge on any atom is -0.345 e. The van der Waals surface area contributed by atoms with Crippen molar-refractivity contribution in [3.8, 4) is 0 Å². The van der Waals surface area contributed by atoms with Crippen molar-refractivity contribution < 1.29 is 19.2 Å². The lowest BCUT2D eigenvalue weighted by Gasteiger charge is -2.22. The molecule has 1 aliphatic rings. The normalized spacial score (nSPS) is 13.6. The topological polar surface area (TPSA) is 83.5 Å². The van der Waals surface area contributed by atoms with Crippen LogP contribution in [-0.4, -0.2) is 36.0 Å². The molecule has 0 radical (unpaired) electrons. The molecule has 2 aromatic rings. The Bertz CT molecular complexity index is 907. The second kappa shape index (κ2) is 9.60. The maximum Gasteiger partial charge on any atom is 0.249 e. The molecule has 0 aliphatic carbocycles. The molecule has 1 N–H and O–H groups in total. The van der Waals surface area contributed by atoms with Gasteiger partial charge in [0, 0.05) is 37.9 Å². The summed E-state index contributed by atoms with van der Waals surface area (Å²) in [6.45, 7) is 2.26. The molecular weight excluding hydrogens is 388 g/mol. The van der Waals surface area contributed by atoms with Crippen molar-refractivity contribution in [2.24, 2.45) is 0 Å². The first-order valence-corrected chi connectivity index (χ1v) is 10.6. The average molecular weight is 413 g/mol. The van der Waals surface area contributed by atoms with E-state index in [1.165, 1.54) is 11.3 Å². The molecule has 7 heteroatoms. The molecule has 2 heterocycles. The summed E-state index contributed by atoms with van der Waals surface area (Å²) in [6.07, 6.45) is 1.17. The summed E-state index contributed by atoms with van der Waals surface area (Å²) in [5, 5.41) is 4.50. The van der Waals surface area contributed by atoms with E-state index >= 15 is 0 Å². The molecule has 0 spiro atoms. The number of carbonyl (C=O) groups is 4. The van der Waals surface area contributed by atoms with Crippen LogP contribution in [0.15, 0.2) is 41.8 Å². The number of nitrogens with zero attached hydrogens (tertiary/aromatic N) is 1. The zero-order chi connectivity index (χ0) is 20.8. The number of benzene rings is 1. The molecule has 0 saturated heterocycles. The number of anilines is 1. The Morgan fingerprint density at radius 3 is 2.55 bits per heavy atom.